The molecule has 1 aromatic rings. The van der Waals surface area contributed by atoms with E-state index in [-0.39, 0.29) is 0 Å². The first-order valence-electron chi connectivity index (χ1n) is 6.99. The molecular formula is C14H24N4. The second-order valence-corrected chi connectivity index (χ2v) is 5.52. The summed E-state index contributed by atoms with van der Waals surface area (Å²) in [6, 6.07) is 0.620. The third-order valence-electron chi connectivity index (χ3n) is 3.54. The van der Waals surface area contributed by atoms with Gasteiger partial charge in [-0.15, -0.1) is 0 Å². The van der Waals surface area contributed by atoms with Gasteiger partial charge in [0, 0.05) is 31.5 Å². The van der Waals surface area contributed by atoms with Crippen molar-refractivity contribution in [1.82, 2.24) is 9.97 Å². The molecule has 2 N–H and O–H groups in total. The van der Waals surface area contributed by atoms with E-state index >= 15 is 0 Å². The first kappa shape index (κ1) is 13.3. The van der Waals surface area contributed by atoms with E-state index in [1.165, 1.54) is 25.7 Å². The molecule has 0 aromatic carbocycles. The summed E-state index contributed by atoms with van der Waals surface area (Å²) < 4.78 is 0. The van der Waals surface area contributed by atoms with Crippen molar-refractivity contribution in [3.63, 3.8) is 0 Å². The monoisotopic (exact) mass is 248 g/mol. The Morgan fingerprint density at radius 2 is 1.94 bits per heavy atom. The third-order valence-corrected chi connectivity index (χ3v) is 3.54. The molecule has 4 heteroatoms. The highest BCUT2D eigenvalue weighted by Crippen LogP contribution is 2.29. The Morgan fingerprint density at radius 3 is 2.56 bits per heavy atom. The van der Waals surface area contributed by atoms with Crippen LogP contribution in [0.2, 0.25) is 0 Å². The highest BCUT2D eigenvalue weighted by atomic mass is 15.2. The third kappa shape index (κ3) is 2.99. The van der Waals surface area contributed by atoms with Crippen LogP contribution >= 0.6 is 0 Å². The van der Waals surface area contributed by atoms with Crippen molar-refractivity contribution < 1.29 is 0 Å². The Kier molecular flexibility index (Phi) is 4.53. The highest BCUT2D eigenvalue weighted by molar-refractivity contribution is 5.44. The molecule has 100 valence electrons. The summed E-state index contributed by atoms with van der Waals surface area (Å²) in [5, 5.41) is 0. The van der Waals surface area contributed by atoms with Crippen molar-refractivity contribution in [2.45, 2.75) is 52.1 Å². The molecule has 0 aliphatic heterocycles. The van der Waals surface area contributed by atoms with Gasteiger partial charge in [0.15, 0.2) is 5.82 Å². The lowest BCUT2D eigenvalue weighted by Gasteiger charge is -2.32. The summed E-state index contributed by atoms with van der Waals surface area (Å²) in [5.74, 6) is 1.62. The Balaban J connectivity index is 2.26. The van der Waals surface area contributed by atoms with E-state index in [0.717, 1.165) is 18.1 Å². The first-order valence-corrected chi connectivity index (χ1v) is 6.99. The van der Waals surface area contributed by atoms with Crippen LogP contribution in [0.5, 0.6) is 0 Å². The zero-order valence-corrected chi connectivity index (χ0v) is 11.5. The molecule has 1 aromatic heterocycles. The van der Waals surface area contributed by atoms with Crippen LogP contribution in [0.1, 0.15) is 45.2 Å². The number of hydrogen-bond donors (Lipinski definition) is 1. The molecule has 1 saturated carbocycles. The van der Waals surface area contributed by atoms with Crippen LogP contribution < -0.4 is 10.6 Å². The lowest BCUT2D eigenvalue weighted by atomic mass is 10.1. The lowest BCUT2D eigenvalue weighted by Crippen LogP contribution is -2.38. The number of hydrogen-bond acceptors (Lipinski definition) is 4. The van der Waals surface area contributed by atoms with Crippen LogP contribution in [0, 0.1) is 5.92 Å². The summed E-state index contributed by atoms with van der Waals surface area (Å²) in [4.78, 5) is 11.3. The average Bonchev–Trinajstić information content (AvgIpc) is 2.89. The molecule has 18 heavy (non-hydrogen) atoms. The molecule has 1 aliphatic carbocycles. The van der Waals surface area contributed by atoms with E-state index in [1.807, 2.05) is 0 Å². The van der Waals surface area contributed by atoms with Gasteiger partial charge in [0.2, 0.25) is 0 Å². The van der Waals surface area contributed by atoms with Crippen LogP contribution in [-0.2, 0) is 6.54 Å². The molecule has 0 unspecified atom stereocenters. The normalized spacial score (nSPS) is 16.4. The predicted octanol–water partition coefficient (Wildman–Crippen LogP) is 2.34. The Labute approximate surface area is 110 Å². The molecule has 1 heterocycles. The first-order chi connectivity index (χ1) is 8.72. The Hall–Kier alpha value is -1.16. The minimum atomic E-state index is 0.463. The van der Waals surface area contributed by atoms with Crippen LogP contribution in [0.4, 0.5) is 5.82 Å². The van der Waals surface area contributed by atoms with Crippen LogP contribution in [0.3, 0.4) is 0 Å². The largest absolute Gasteiger partial charge is 0.352 e. The number of rotatable bonds is 5. The molecule has 0 atom stereocenters. The van der Waals surface area contributed by atoms with Gasteiger partial charge in [-0.1, -0.05) is 26.7 Å². The fourth-order valence-electron chi connectivity index (χ4n) is 2.76. The number of anilines is 1. The Morgan fingerprint density at radius 1 is 1.28 bits per heavy atom. The smallest absolute Gasteiger partial charge is 0.151 e. The van der Waals surface area contributed by atoms with Gasteiger partial charge in [-0.3, -0.25) is 4.98 Å². The molecule has 0 spiro atoms. The molecule has 0 amide bonds. The van der Waals surface area contributed by atoms with E-state index in [4.69, 9.17) is 5.73 Å². The van der Waals surface area contributed by atoms with E-state index in [9.17, 15) is 0 Å². The summed E-state index contributed by atoms with van der Waals surface area (Å²) >= 11 is 0. The molecular weight excluding hydrogens is 224 g/mol. The highest BCUT2D eigenvalue weighted by Gasteiger charge is 2.26. The van der Waals surface area contributed by atoms with Crippen molar-refractivity contribution in [2.75, 3.05) is 11.4 Å². The molecule has 0 radical (unpaired) electrons. The summed E-state index contributed by atoms with van der Waals surface area (Å²) in [7, 11) is 0. The van der Waals surface area contributed by atoms with E-state index in [1.54, 1.807) is 12.4 Å². The minimum Gasteiger partial charge on any atom is -0.352 e. The number of nitrogens with zero attached hydrogens (tertiary/aromatic N) is 3. The van der Waals surface area contributed by atoms with E-state index in [0.29, 0.717) is 18.5 Å². The van der Waals surface area contributed by atoms with Crippen molar-refractivity contribution in [3.05, 3.63) is 18.1 Å². The van der Waals surface area contributed by atoms with Gasteiger partial charge in [-0.2, -0.15) is 0 Å². The van der Waals surface area contributed by atoms with Crippen LogP contribution in [-0.4, -0.2) is 22.6 Å². The fourth-order valence-corrected chi connectivity index (χ4v) is 2.76. The summed E-state index contributed by atoms with van der Waals surface area (Å²) in [6.45, 7) is 6.00. The van der Waals surface area contributed by atoms with Crippen molar-refractivity contribution >= 4 is 5.82 Å². The predicted molar refractivity (Wildman–Crippen MR) is 74.4 cm³/mol. The van der Waals surface area contributed by atoms with Gasteiger partial charge in [-0.25, -0.2) is 4.98 Å². The van der Waals surface area contributed by atoms with Crippen molar-refractivity contribution in [3.8, 4) is 0 Å². The molecule has 2 rings (SSSR count). The SMILES string of the molecule is CC(C)CN(c1nccnc1CN)C1CCCC1. The van der Waals surface area contributed by atoms with Gasteiger partial charge in [0.1, 0.15) is 0 Å². The molecule has 4 nitrogen and oxygen atoms in total. The quantitative estimate of drug-likeness (QED) is 0.869. The zero-order chi connectivity index (χ0) is 13.0. The van der Waals surface area contributed by atoms with Gasteiger partial charge in [0.05, 0.1) is 5.69 Å². The van der Waals surface area contributed by atoms with Crippen molar-refractivity contribution in [2.24, 2.45) is 11.7 Å². The summed E-state index contributed by atoms with van der Waals surface area (Å²) in [5.41, 5.74) is 6.71. The number of aromatic nitrogens is 2. The van der Waals surface area contributed by atoms with Gasteiger partial charge >= 0.3 is 0 Å². The van der Waals surface area contributed by atoms with Crippen LogP contribution in [0.25, 0.3) is 0 Å². The molecule has 0 bridgehead atoms. The minimum absolute atomic E-state index is 0.463. The second-order valence-electron chi connectivity index (χ2n) is 5.52. The molecule has 1 fully saturated rings. The van der Waals surface area contributed by atoms with Gasteiger partial charge in [0.25, 0.3) is 0 Å². The molecule has 1 aliphatic rings. The maximum absolute atomic E-state index is 5.79. The van der Waals surface area contributed by atoms with Crippen LogP contribution in [0.15, 0.2) is 12.4 Å². The zero-order valence-electron chi connectivity index (χ0n) is 11.5. The fraction of sp³-hybridized carbons (Fsp3) is 0.714. The lowest BCUT2D eigenvalue weighted by molar-refractivity contribution is 0.528. The maximum atomic E-state index is 5.79. The number of nitrogens with two attached hydrogens (primary N) is 1. The van der Waals surface area contributed by atoms with Crippen molar-refractivity contribution in [1.29, 1.82) is 0 Å². The Bertz CT molecular complexity index is 372. The van der Waals surface area contributed by atoms with E-state index < -0.39 is 0 Å². The second kappa shape index (κ2) is 6.14. The average molecular weight is 248 g/mol. The topological polar surface area (TPSA) is 55.0 Å². The van der Waals surface area contributed by atoms with Gasteiger partial charge < -0.3 is 10.6 Å². The molecule has 0 saturated heterocycles. The summed E-state index contributed by atoms with van der Waals surface area (Å²) in [6.07, 6.45) is 8.71. The van der Waals surface area contributed by atoms with Gasteiger partial charge in [-0.05, 0) is 18.8 Å². The standard InChI is InChI=1S/C14H24N4/c1-11(2)10-18(12-5-3-4-6-12)14-13(9-15)16-7-8-17-14/h7-8,11-12H,3-6,9-10,15H2,1-2H3. The van der Waals surface area contributed by atoms with E-state index in [2.05, 4.69) is 28.7 Å². The maximum Gasteiger partial charge on any atom is 0.151 e.